The molecule has 3 rings (SSSR count). The van der Waals surface area contributed by atoms with Gasteiger partial charge in [-0.25, -0.2) is 9.78 Å². The van der Waals surface area contributed by atoms with Gasteiger partial charge in [0.15, 0.2) is 5.69 Å². The molecule has 0 spiro atoms. The molecule has 128 valence electrons. The van der Waals surface area contributed by atoms with Gasteiger partial charge in [0.25, 0.3) is 0 Å². The molecule has 0 bridgehead atoms. The maximum absolute atomic E-state index is 12.6. The summed E-state index contributed by atoms with van der Waals surface area (Å²) in [5.74, 6) is 0.425. The van der Waals surface area contributed by atoms with E-state index >= 15 is 0 Å². The fourth-order valence-corrected chi connectivity index (χ4v) is 2.63. The molecule has 1 aliphatic carbocycles. The average Bonchev–Trinajstić information content (AvgIpc) is 3.10. The summed E-state index contributed by atoms with van der Waals surface area (Å²) in [6.45, 7) is -0.0731. The highest BCUT2D eigenvalue weighted by Gasteiger charge is 2.34. The minimum Gasteiger partial charge on any atom is -0.332 e. The molecule has 2 amide bonds. The Labute approximate surface area is 136 Å². The molecule has 0 fully saturated rings. The summed E-state index contributed by atoms with van der Waals surface area (Å²) in [4.78, 5) is 16.3. The summed E-state index contributed by atoms with van der Waals surface area (Å²) >= 11 is 0. The number of nitrogens with zero attached hydrogens (tertiary/aromatic N) is 3. The highest BCUT2D eigenvalue weighted by Crippen LogP contribution is 2.28. The zero-order chi connectivity index (χ0) is 17.3. The molecule has 0 radical (unpaired) electrons. The molecular weight excluding hydrogens is 323 g/mol. The summed E-state index contributed by atoms with van der Waals surface area (Å²) in [5, 5.41) is 8.48. The van der Waals surface area contributed by atoms with Gasteiger partial charge in [-0.05, 0) is 37.0 Å². The molecule has 9 heteroatoms. The minimum atomic E-state index is -4.51. The highest BCUT2D eigenvalue weighted by molar-refractivity contribution is 5.88. The average molecular weight is 339 g/mol. The fourth-order valence-electron chi connectivity index (χ4n) is 2.63. The summed E-state index contributed by atoms with van der Waals surface area (Å²) < 4.78 is 38.9. The summed E-state index contributed by atoms with van der Waals surface area (Å²) in [6, 6.07) is 4.03. The molecule has 0 aromatic carbocycles. The van der Waals surface area contributed by atoms with Crippen LogP contribution in [0.3, 0.4) is 0 Å². The number of hydrogen-bond acceptors (Lipinski definition) is 3. The van der Waals surface area contributed by atoms with Gasteiger partial charge in [0, 0.05) is 12.7 Å². The van der Waals surface area contributed by atoms with Crippen LogP contribution in [0, 0.1) is 0 Å². The van der Waals surface area contributed by atoms with Crippen LogP contribution in [0.25, 0.3) is 0 Å². The molecule has 2 aromatic rings. The van der Waals surface area contributed by atoms with E-state index in [4.69, 9.17) is 0 Å². The Hall–Kier alpha value is -2.58. The lowest BCUT2D eigenvalue weighted by Gasteiger charge is -2.08. The molecule has 0 atom stereocenters. The van der Waals surface area contributed by atoms with Crippen LogP contribution >= 0.6 is 0 Å². The van der Waals surface area contributed by atoms with Crippen LogP contribution in [0.1, 0.15) is 29.1 Å². The topological polar surface area (TPSA) is 71.8 Å². The number of fused-ring (bicyclic) bond motifs is 1. The van der Waals surface area contributed by atoms with Crippen LogP contribution in [-0.2, 0) is 32.6 Å². The molecule has 0 saturated carbocycles. The summed E-state index contributed by atoms with van der Waals surface area (Å²) in [6.07, 6.45) is -1.56. The predicted octanol–water partition coefficient (Wildman–Crippen LogP) is 2.64. The van der Waals surface area contributed by atoms with E-state index in [1.165, 1.54) is 12.6 Å². The van der Waals surface area contributed by atoms with Crippen LogP contribution in [0.2, 0.25) is 0 Å². The van der Waals surface area contributed by atoms with Crippen LogP contribution in [0.4, 0.5) is 23.8 Å². The Bertz CT molecular complexity index is 769. The second kappa shape index (κ2) is 6.14. The Balaban J connectivity index is 1.59. The molecule has 2 N–H and O–H groups in total. The lowest BCUT2D eigenvalue weighted by atomic mass is 10.2. The summed E-state index contributed by atoms with van der Waals surface area (Å²) in [7, 11) is 1.40. The number of aryl methyl sites for hydroxylation is 3. The molecule has 0 unspecified atom stereocenters. The number of rotatable bonds is 3. The van der Waals surface area contributed by atoms with Crippen molar-refractivity contribution in [2.75, 3.05) is 5.32 Å². The second-order valence-electron chi connectivity index (χ2n) is 5.61. The van der Waals surface area contributed by atoms with Crippen molar-refractivity contribution in [3.05, 3.63) is 40.8 Å². The van der Waals surface area contributed by atoms with Crippen LogP contribution in [0.5, 0.6) is 0 Å². The number of alkyl halides is 3. The SMILES string of the molecule is Cn1nc(C(F)(F)F)cc1CNC(=O)Nc1ccc2c(n1)CCC2. The van der Waals surface area contributed by atoms with E-state index in [-0.39, 0.29) is 12.2 Å². The number of carbonyl (C=O) groups is 1. The van der Waals surface area contributed by atoms with Gasteiger partial charge < -0.3 is 5.32 Å². The number of carbonyl (C=O) groups excluding carboxylic acids is 1. The van der Waals surface area contributed by atoms with Gasteiger partial charge >= 0.3 is 12.2 Å². The number of pyridine rings is 1. The molecule has 2 heterocycles. The van der Waals surface area contributed by atoms with E-state index in [2.05, 4.69) is 20.7 Å². The Morgan fingerprint density at radius 2 is 2.12 bits per heavy atom. The van der Waals surface area contributed by atoms with Gasteiger partial charge in [0.1, 0.15) is 5.82 Å². The quantitative estimate of drug-likeness (QED) is 0.903. The number of aromatic nitrogens is 3. The number of urea groups is 1. The highest BCUT2D eigenvalue weighted by atomic mass is 19.4. The number of amides is 2. The third-order valence-electron chi connectivity index (χ3n) is 3.87. The largest absolute Gasteiger partial charge is 0.435 e. The summed E-state index contributed by atoms with van der Waals surface area (Å²) in [5.41, 5.74) is 1.44. The van der Waals surface area contributed by atoms with Gasteiger partial charge in [-0.1, -0.05) is 6.07 Å². The molecular formula is C15H16F3N5O. The molecule has 2 aromatic heterocycles. The number of halogens is 3. The zero-order valence-corrected chi connectivity index (χ0v) is 12.9. The van der Waals surface area contributed by atoms with Crippen molar-refractivity contribution in [3.8, 4) is 0 Å². The maximum Gasteiger partial charge on any atom is 0.435 e. The van der Waals surface area contributed by atoms with Crippen LogP contribution in [0.15, 0.2) is 18.2 Å². The third-order valence-corrected chi connectivity index (χ3v) is 3.87. The Kier molecular flexibility index (Phi) is 4.16. The Morgan fingerprint density at radius 1 is 1.33 bits per heavy atom. The molecule has 6 nitrogen and oxygen atoms in total. The van der Waals surface area contributed by atoms with Crippen molar-refractivity contribution in [3.63, 3.8) is 0 Å². The standard InChI is InChI=1S/C15H16F3N5O/c1-23-10(7-12(22-23)15(16,17)18)8-19-14(24)21-13-6-5-9-3-2-4-11(9)20-13/h5-7H,2-4,8H2,1H3,(H2,19,20,21,24). The van der Waals surface area contributed by atoms with Crippen molar-refractivity contribution >= 4 is 11.8 Å². The molecule has 0 aliphatic heterocycles. The maximum atomic E-state index is 12.6. The zero-order valence-electron chi connectivity index (χ0n) is 12.9. The normalized spacial score (nSPS) is 13.7. The monoisotopic (exact) mass is 339 g/mol. The van der Waals surface area contributed by atoms with Crippen molar-refractivity contribution in [1.29, 1.82) is 0 Å². The van der Waals surface area contributed by atoms with E-state index in [1.54, 1.807) is 6.07 Å². The van der Waals surface area contributed by atoms with Gasteiger partial charge in [0.05, 0.1) is 12.2 Å². The van der Waals surface area contributed by atoms with E-state index in [1.807, 2.05) is 6.07 Å². The van der Waals surface area contributed by atoms with E-state index in [9.17, 15) is 18.0 Å². The first kappa shape index (κ1) is 16.3. The van der Waals surface area contributed by atoms with E-state index < -0.39 is 17.9 Å². The number of anilines is 1. The lowest BCUT2D eigenvalue weighted by Crippen LogP contribution is -2.29. The first-order valence-corrected chi connectivity index (χ1v) is 7.46. The number of nitrogens with one attached hydrogen (secondary N) is 2. The first-order chi connectivity index (χ1) is 11.3. The van der Waals surface area contributed by atoms with Gasteiger partial charge in [-0.3, -0.25) is 10.00 Å². The minimum absolute atomic E-state index is 0.0731. The fraction of sp³-hybridized carbons (Fsp3) is 0.400. The second-order valence-corrected chi connectivity index (χ2v) is 5.61. The van der Waals surface area contributed by atoms with Crippen molar-refractivity contribution in [2.24, 2.45) is 7.05 Å². The van der Waals surface area contributed by atoms with E-state index in [0.29, 0.717) is 5.82 Å². The van der Waals surface area contributed by atoms with Crippen LogP contribution in [-0.4, -0.2) is 20.8 Å². The lowest BCUT2D eigenvalue weighted by molar-refractivity contribution is -0.141. The van der Waals surface area contributed by atoms with Gasteiger partial charge in [-0.2, -0.15) is 18.3 Å². The van der Waals surface area contributed by atoms with Crippen LogP contribution < -0.4 is 10.6 Å². The van der Waals surface area contributed by atoms with E-state index in [0.717, 1.165) is 35.7 Å². The Morgan fingerprint density at radius 3 is 2.83 bits per heavy atom. The van der Waals surface area contributed by atoms with Crippen molar-refractivity contribution < 1.29 is 18.0 Å². The smallest absolute Gasteiger partial charge is 0.332 e. The molecule has 0 saturated heterocycles. The molecule has 1 aliphatic rings. The molecule has 24 heavy (non-hydrogen) atoms. The van der Waals surface area contributed by atoms with Gasteiger partial charge in [-0.15, -0.1) is 0 Å². The number of hydrogen-bond donors (Lipinski definition) is 2. The van der Waals surface area contributed by atoms with Gasteiger partial charge in [0.2, 0.25) is 0 Å². The third kappa shape index (κ3) is 3.50. The predicted molar refractivity (Wildman–Crippen MR) is 80.3 cm³/mol. The first-order valence-electron chi connectivity index (χ1n) is 7.46. The van der Waals surface area contributed by atoms with Crippen molar-refractivity contribution in [2.45, 2.75) is 32.0 Å². The van der Waals surface area contributed by atoms with Crippen molar-refractivity contribution in [1.82, 2.24) is 20.1 Å².